The molecule has 0 fully saturated rings. The van der Waals surface area contributed by atoms with Gasteiger partial charge in [-0.25, -0.2) is 0 Å². The zero-order valence-corrected chi connectivity index (χ0v) is 50.2. The third-order valence-corrected chi connectivity index (χ3v) is 19.8. The highest BCUT2D eigenvalue weighted by molar-refractivity contribution is 6.32. The fourth-order valence-corrected chi connectivity index (χ4v) is 15.5. The van der Waals surface area contributed by atoms with E-state index in [0.717, 1.165) is 37.1 Å². The third-order valence-electron chi connectivity index (χ3n) is 19.8. The van der Waals surface area contributed by atoms with Crippen LogP contribution in [-0.2, 0) is 36.5 Å². The Labute approximate surface area is 503 Å². The summed E-state index contributed by atoms with van der Waals surface area (Å²) < 4.78 is 5.26. The van der Waals surface area contributed by atoms with Gasteiger partial charge in [-0.1, -0.05) is 163 Å². The molecule has 2 aliphatic carbocycles. The maximum absolute atomic E-state index is 2.63. The van der Waals surface area contributed by atoms with Crippen LogP contribution in [0.5, 0.6) is 0 Å². The summed E-state index contributed by atoms with van der Waals surface area (Å²) in [5, 5.41) is 10.2. The van der Waals surface area contributed by atoms with Crippen LogP contribution >= 0.6 is 0 Å². The number of aromatic nitrogens is 2. The van der Waals surface area contributed by atoms with E-state index >= 15 is 0 Å². The first kappa shape index (κ1) is 51.1. The molecular formula is C82H70N4. The minimum absolute atomic E-state index is 0.0537. The predicted molar refractivity (Wildman–Crippen MR) is 367 cm³/mol. The first-order valence-electron chi connectivity index (χ1n) is 31.5. The molecular weight excluding hydrogens is 1040 g/mol. The molecule has 4 heteroatoms. The highest BCUT2D eigenvalue weighted by Crippen LogP contribution is 2.54. The van der Waals surface area contributed by atoms with Crippen molar-refractivity contribution in [3.05, 3.63) is 252 Å². The van der Waals surface area contributed by atoms with E-state index in [4.69, 9.17) is 0 Å². The van der Waals surface area contributed by atoms with Gasteiger partial charge in [0.1, 0.15) is 0 Å². The lowest BCUT2D eigenvalue weighted by atomic mass is 9.86. The predicted octanol–water partition coefficient (Wildman–Crippen LogP) is 22.6. The van der Waals surface area contributed by atoms with Gasteiger partial charge in [-0.2, -0.15) is 0 Å². The molecule has 418 valence electrons. The van der Waals surface area contributed by atoms with Crippen LogP contribution in [0, 0.1) is 0 Å². The van der Waals surface area contributed by atoms with Gasteiger partial charge in [0.25, 0.3) is 0 Å². The van der Waals surface area contributed by atoms with Gasteiger partial charge in [0.15, 0.2) is 0 Å². The Morgan fingerprint density at radius 2 is 0.663 bits per heavy atom. The smallest absolute Gasteiger partial charge is 0.0641 e. The lowest BCUT2D eigenvalue weighted by Crippen LogP contribution is -2.14. The lowest BCUT2D eigenvalue weighted by molar-refractivity contribution is 0.591. The number of rotatable bonds is 8. The maximum atomic E-state index is 2.63. The standard InChI is InChI=1S/C82H70N4/c1-81(2,3)57-35-39-69-67(47-57)77-71(83(59-31-15-9-16-32-59)73-45-55-29-21-19-27-53(55)43-63(73)51-23-11-7-12-24-51)41-37-61-65-50-76-66(49-75(65)85(69)79(61)77)62-38-42-72(78-68-48-58(82(4,5)6)36-40-70(68)86(76)80(62)78)84(60-33-17-10-18-34-60)74-46-56-30-22-20-28-54(56)44-64(74)52-25-13-8-14-26-52/h7-18,23-26,31-50H,19-22,27-30H2,1-6H3. The number of benzene rings is 11. The van der Waals surface area contributed by atoms with Gasteiger partial charge in [0.2, 0.25) is 0 Å². The van der Waals surface area contributed by atoms with Crippen LogP contribution in [0.25, 0.3) is 98.4 Å². The van der Waals surface area contributed by atoms with Crippen LogP contribution in [0.15, 0.2) is 218 Å². The largest absolute Gasteiger partial charge is 0.309 e. The van der Waals surface area contributed by atoms with E-state index in [1.54, 1.807) is 0 Å². The molecule has 4 heterocycles. The van der Waals surface area contributed by atoms with Crippen LogP contribution < -0.4 is 9.80 Å². The molecule has 0 aliphatic heterocycles. The molecule has 0 radical (unpaired) electrons. The van der Waals surface area contributed by atoms with Gasteiger partial charge >= 0.3 is 0 Å². The van der Waals surface area contributed by atoms with Crippen molar-refractivity contribution < 1.29 is 0 Å². The van der Waals surface area contributed by atoms with Crippen LogP contribution in [0.4, 0.5) is 34.1 Å². The Morgan fingerprint density at radius 1 is 0.302 bits per heavy atom. The van der Waals surface area contributed by atoms with Gasteiger partial charge in [0.05, 0.1) is 55.8 Å². The van der Waals surface area contributed by atoms with E-state index in [9.17, 15) is 0 Å². The fourth-order valence-electron chi connectivity index (χ4n) is 15.5. The Balaban J connectivity index is 0.970. The monoisotopic (exact) mass is 1110 g/mol. The molecule has 0 unspecified atom stereocenters. The third kappa shape index (κ3) is 7.74. The van der Waals surface area contributed by atoms with Crippen molar-refractivity contribution in [3.8, 4) is 22.3 Å². The SMILES string of the molecule is CC(C)(C)c1ccc2c(c1)c1c(N(c3ccccc3)c3cc4c(cc3-c3ccccc3)CCCC4)ccc3c4cc5c(cc4n2c31)c1ccc(N(c2ccccc2)c2cc3c(cc2-c2ccccc2)CCCC3)c2c3cc(C(C)(C)C)ccc3n5c12. The van der Waals surface area contributed by atoms with Gasteiger partial charge < -0.3 is 18.6 Å². The van der Waals surface area contributed by atoms with E-state index in [1.165, 1.54) is 180 Å². The zero-order valence-electron chi connectivity index (χ0n) is 50.2. The molecule has 0 saturated carbocycles. The lowest BCUT2D eigenvalue weighted by Gasteiger charge is -2.31. The van der Waals surface area contributed by atoms with E-state index in [-0.39, 0.29) is 10.8 Å². The molecule has 0 spiro atoms. The molecule has 0 bridgehead atoms. The van der Waals surface area contributed by atoms with Gasteiger partial charge in [-0.3, -0.25) is 0 Å². The molecule has 0 atom stereocenters. The Hall–Kier alpha value is -9.38. The summed E-state index contributed by atoms with van der Waals surface area (Å²) >= 11 is 0. The van der Waals surface area contributed by atoms with E-state index in [1.807, 2.05) is 0 Å². The van der Waals surface area contributed by atoms with Gasteiger partial charge in [-0.05, 0) is 204 Å². The van der Waals surface area contributed by atoms with Crippen molar-refractivity contribution >= 4 is 110 Å². The van der Waals surface area contributed by atoms with Gasteiger partial charge in [0, 0.05) is 65.6 Å². The molecule has 2 aliphatic rings. The molecule has 86 heavy (non-hydrogen) atoms. The molecule has 4 nitrogen and oxygen atoms in total. The molecule has 0 saturated heterocycles. The molecule has 4 aromatic heterocycles. The molecule has 0 N–H and O–H groups in total. The quantitative estimate of drug-likeness (QED) is 0.151. The number of anilines is 6. The minimum atomic E-state index is -0.0537. The van der Waals surface area contributed by atoms with Crippen LogP contribution in [0.3, 0.4) is 0 Å². The summed E-state index contributed by atoms with van der Waals surface area (Å²) in [7, 11) is 0. The van der Waals surface area contributed by atoms with Crippen LogP contribution in [0.2, 0.25) is 0 Å². The number of fused-ring (bicyclic) bond motifs is 14. The summed E-state index contributed by atoms with van der Waals surface area (Å²) in [6, 6.07) is 84.2. The summed E-state index contributed by atoms with van der Waals surface area (Å²) in [6.45, 7) is 14.1. The van der Waals surface area contributed by atoms with Crippen molar-refractivity contribution in [2.24, 2.45) is 0 Å². The highest BCUT2D eigenvalue weighted by atomic mass is 15.2. The second kappa shape index (κ2) is 19.1. The van der Waals surface area contributed by atoms with Crippen molar-refractivity contribution in [1.29, 1.82) is 0 Å². The molecule has 17 rings (SSSR count). The van der Waals surface area contributed by atoms with Crippen LogP contribution in [0.1, 0.15) is 101 Å². The maximum Gasteiger partial charge on any atom is 0.0641 e. The number of hydrogen-bond donors (Lipinski definition) is 0. The van der Waals surface area contributed by atoms with Crippen molar-refractivity contribution in [3.63, 3.8) is 0 Å². The number of nitrogens with zero attached hydrogens (tertiary/aromatic N) is 4. The minimum Gasteiger partial charge on any atom is -0.309 e. The average Bonchev–Trinajstić information content (AvgIpc) is 1.60. The Bertz CT molecular complexity index is 4840. The fraction of sp³-hybridized carbons (Fsp3) is 0.195. The van der Waals surface area contributed by atoms with Crippen molar-refractivity contribution in [2.45, 2.75) is 104 Å². The average molecular weight is 1110 g/mol. The molecule has 0 amide bonds. The second-order valence-corrected chi connectivity index (χ2v) is 27.0. The van der Waals surface area contributed by atoms with Crippen molar-refractivity contribution in [2.75, 3.05) is 9.80 Å². The van der Waals surface area contributed by atoms with E-state index in [2.05, 4.69) is 279 Å². The molecule has 15 aromatic rings. The topological polar surface area (TPSA) is 15.3 Å². The number of para-hydroxylation sites is 2. The van der Waals surface area contributed by atoms with Crippen molar-refractivity contribution in [1.82, 2.24) is 8.80 Å². The second-order valence-electron chi connectivity index (χ2n) is 27.0. The normalized spacial score (nSPS) is 14.0. The Morgan fingerprint density at radius 3 is 1.03 bits per heavy atom. The van der Waals surface area contributed by atoms with E-state index < -0.39 is 0 Å². The molecule has 11 aromatic carbocycles. The summed E-state index contributed by atoms with van der Waals surface area (Å²) in [5.74, 6) is 0. The van der Waals surface area contributed by atoms with Gasteiger partial charge in [-0.15, -0.1) is 0 Å². The summed E-state index contributed by atoms with van der Waals surface area (Å²) in [4.78, 5) is 5.20. The number of aryl methyl sites for hydroxylation is 4. The Kier molecular flexibility index (Phi) is 11.3. The highest BCUT2D eigenvalue weighted by Gasteiger charge is 2.32. The van der Waals surface area contributed by atoms with E-state index in [0.29, 0.717) is 0 Å². The first-order valence-corrected chi connectivity index (χ1v) is 31.5. The summed E-state index contributed by atoms with van der Waals surface area (Å²) in [5.41, 5.74) is 28.1. The first-order chi connectivity index (χ1) is 41.9. The van der Waals surface area contributed by atoms with Crippen LogP contribution in [-0.4, -0.2) is 8.80 Å². The summed E-state index contributed by atoms with van der Waals surface area (Å²) in [6.07, 6.45) is 9.35. The number of hydrogen-bond acceptors (Lipinski definition) is 2. The zero-order chi connectivity index (χ0) is 57.7.